The average molecular weight is 498 g/mol. The Hall–Kier alpha value is -3.79. The molecule has 192 valence electrons. The van der Waals surface area contributed by atoms with E-state index in [0.717, 1.165) is 42.5 Å². The lowest BCUT2D eigenvalue weighted by Gasteiger charge is -2.18. The Kier molecular flexibility index (Phi) is 8.84. The number of aliphatic imine (C=N–C) groups is 1. The van der Waals surface area contributed by atoms with E-state index in [2.05, 4.69) is 36.0 Å². The van der Waals surface area contributed by atoms with Gasteiger partial charge in [-0.1, -0.05) is 32.3 Å². The first-order chi connectivity index (χ1) is 18.0. The van der Waals surface area contributed by atoms with Crippen LogP contribution in [0.5, 0.6) is 11.6 Å². The highest BCUT2D eigenvalue weighted by atomic mass is 16.5. The fourth-order valence-electron chi connectivity index (χ4n) is 4.72. The molecule has 0 atom stereocenters. The van der Waals surface area contributed by atoms with Gasteiger partial charge in [0.25, 0.3) is 0 Å². The summed E-state index contributed by atoms with van der Waals surface area (Å²) in [6.07, 6.45) is 13.4. The minimum Gasteiger partial charge on any atom is -0.438 e. The number of benzene rings is 1. The first kappa shape index (κ1) is 26.3. The van der Waals surface area contributed by atoms with Crippen LogP contribution in [0, 0.1) is 18.3 Å². The number of carbonyl (C=O) groups is 1. The molecule has 0 bridgehead atoms. The van der Waals surface area contributed by atoms with E-state index < -0.39 is 0 Å². The molecule has 0 radical (unpaired) electrons. The molecule has 1 saturated heterocycles. The number of hydrogen-bond acceptors (Lipinski definition) is 6. The summed E-state index contributed by atoms with van der Waals surface area (Å²) >= 11 is 0. The molecule has 0 spiro atoms. The Balaban J connectivity index is 1.65. The number of hydrogen-bond donors (Lipinski definition) is 0. The monoisotopic (exact) mass is 497 g/mol. The first-order valence-corrected chi connectivity index (χ1v) is 13.3. The second kappa shape index (κ2) is 12.4. The van der Waals surface area contributed by atoms with E-state index in [1.165, 1.54) is 31.3 Å². The third-order valence-electron chi connectivity index (χ3n) is 6.74. The molecule has 2 aliphatic rings. The number of nitrogens with zero attached hydrogens (tertiary/aromatic N) is 5. The molecular formula is C30H35N5O2. The van der Waals surface area contributed by atoms with Crippen LogP contribution in [0.25, 0.3) is 5.70 Å². The maximum absolute atomic E-state index is 12.3. The molecule has 1 amide bonds. The van der Waals surface area contributed by atoms with Gasteiger partial charge < -0.3 is 4.74 Å². The van der Waals surface area contributed by atoms with Gasteiger partial charge in [0, 0.05) is 30.8 Å². The zero-order chi connectivity index (χ0) is 26.2. The van der Waals surface area contributed by atoms with E-state index in [9.17, 15) is 10.1 Å². The summed E-state index contributed by atoms with van der Waals surface area (Å²) in [5.41, 5.74) is 4.59. The number of aryl methyl sites for hydroxylation is 1. The van der Waals surface area contributed by atoms with Crippen LogP contribution in [0.3, 0.4) is 0 Å². The van der Waals surface area contributed by atoms with Crippen molar-refractivity contribution in [2.45, 2.75) is 78.6 Å². The van der Waals surface area contributed by atoms with E-state index in [-0.39, 0.29) is 5.91 Å². The molecule has 2 aliphatic heterocycles. The van der Waals surface area contributed by atoms with Crippen LogP contribution in [-0.2, 0) is 4.79 Å². The number of rotatable bonds is 9. The van der Waals surface area contributed by atoms with Crippen LogP contribution in [0.2, 0.25) is 0 Å². The highest BCUT2D eigenvalue weighted by Crippen LogP contribution is 2.36. The lowest BCUT2D eigenvalue weighted by Crippen LogP contribution is -2.25. The molecule has 7 heteroatoms. The standard InChI is InChI=1S/C30H35N5O2/c1-4-5-6-7-11-23-12-8-10-21(2)30(32-20-23)25-15-14-24(19-31)17-26(25)37-28-18-27(33-22(3)34-28)35-16-9-13-29(35)36/h12,14-15,17-18,20H,4-11,13,16H2,1-3H3/b23-12?,30-21+,32-20?. The predicted octanol–water partition coefficient (Wildman–Crippen LogP) is 7.07. The Morgan fingerprint density at radius 2 is 1.97 bits per heavy atom. The summed E-state index contributed by atoms with van der Waals surface area (Å²) in [5.74, 6) is 1.96. The number of amides is 1. The SMILES string of the molecule is CCCCCCC1=CCC/C(C)=C(\c2ccc(C#N)cc2Oc2cc(N3CCCC3=O)nc(C)n2)N=C1. The van der Waals surface area contributed by atoms with E-state index in [0.29, 0.717) is 41.8 Å². The average Bonchev–Trinajstić information content (AvgIpc) is 3.31. The third kappa shape index (κ3) is 6.71. The van der Waals surface area contributed by atoms with Gasteiger partial charge in [-0.15, -0.1) is 0 Å². The number of nitriles is 1. The fourth-order valence-corrected chi connectivity index (χ4v) is 4.72. The summed E-state index contributed by atoms with van der Waals surface area (Å²) < 4.78 is 6.30. The molecule has 7 nitrogen and oxygen atoms in total. The van der Waals surface area contributed by atoms with E-state index >= 15 is 0 Å². The highest BCUT2D eigenvalue weighted by molar-refractivity contribution is 5.94. The largest absolute Gasteiger partial charge is 0.438 e. The fraction of sp³-hybridized carbons (Fsp3) is 0.433. The summed E-state index contributed by atoms with van der Waals surface area (Å²) in [4.78, 5) is 27.8. The quantitative estimate of drug-likeness (QED) is 0.346. The highest BCUT2D eigenvalue weighted by Gasteiger charge is 2.24. The molecule has 0 N–H and O–H groups in total. The van der Waals surface area contributed by atoms with Gasteiger partial charge in [0.1, 0.15) is 17.4 Å². The van der Waals surface area contributed by atoms with Gasteiger partial charge in [0.15, 0.2) is 0 Å². The number of carbonyl (C=O) groups excluding carboxylic acids is 1. The Labute approximate surface area is 219 Å². The summed E-state index contributed by atoms with van der Waals surface area (Å²) in [6, 6.07) is 9.31. The number of unbranched alkanes of at least 4 members (excludes halogenated alkanes) is 3. The van der Waals surface area contributed by atoms with E-state index in [1.54, 1.807) is 30.0 Å². The molecule has 4 rings (SSSR count). The van der Waals surface area contributed by atoms with Crippen molar-refractivity contribution in [3.63, 3.8) is 0 Å². The molecule has 1 fully saturated rings. The molecule has 1 aromatic heterocycles. The zero-order valence-corrected chi connectivity index (χ0v) is 22.1. The minimum absolute atomic E-state index is 0.0550. The van der Waals surface area contributed by atoms with Crippen LogP contribution in [0.1, 0.15) is 88.6 Å². The lowest BCUT2D eigenvalue weighted by atomic mass is 9.98. The van der Waals surface area contributed by atoms with Crippen LogP contribution in [-0.4, -0.2) is 28.6 Å². The summed E-state index contributed by atoms with van der Waals surface area (Å²) in [6.45, 7) is 6.74. The molecule has 0 aliphatic carbocycles. The maximum atomic E-state index is 12.3. The van der Waals surface area contributed by atoms with Crippen molar-refractivity contribution in [1.29, 1.82) is 5.26 Å². The van der Waals surface area contributed by atoms with Crippen LogP contribution < -0.4 is 9.64 Å². The van der Waals surface area contributed by atoms with Crippen molar-refractivity contribution in [3.8, 4) is 17.7 Å². The lowest BCUT2D eigenvalue weighted by molar-refractivity contribution is -0.117. The molecular weight excluding hydrogens is 462 g/mol. The van der Waals surface area contributed by atoms with Gasteiger partial charge in [-0.25, -0.2) is 4.98 Å². The van der Waals surface area contributed by atoms with Gasteiger partial charge in [0.2, 0.25) is 11.8 Å². The van der Waals surface area contributed by atoms with Crippen molar-refractivity contribution in [2.75, 3.05) is 11.4 Å². The molecule has 0 unspecified atom stereocenters. The zero-order valence-electron chi connectivity index (χ0n) is 22.1. The Morgan fingerprint density at radius 3 is 2.73 bits per heavy atom. The minimum atomic E-state index is 0.0550. The smallest absolute Gasteiger partial charge is 0.228 e. The van der Waals surface area contributed by atoms with Crippen LogP contribution >= 0.6 is 0 Å². The summed E-state index contributed by atoms with van der Waals surface area (Å²) in [7, 11) is 0. The Morgan fingerprint density at radius 1 is 1.11 bits per heavy atom. The molecule has 1 aromatic carbocycles. The topological polar surface area (TPSA) is 91.5 Å². The van der Waals surface area contributed by atoms with Gasteiger partial charge >= 0.3 is 0 Å². The van der Waals surface area contributed by atoms with Gasteiger partial charge in [-0.2, -0.15) is 10.2 Å². The second-order valence-electron chi connectivity index (χ2n) is 9.70. The summed E-state index contributed by atoms with van der Waals surface area (Å²) in [5, 5.41) is 9.56. The molecule has 3 heterocycles. The van der Waals surface area contributed by atoms with Gasteiger partial charge in [-0.3, -0.25) is 14.7 Å². The van der Waals surface area contributed by atoms with E-state index in [1.807, 2.05) is 12.3 Å². The number of ether oxygens (including phenoxy) is 1. The van der Waals surface area contributed by atoms with Crippen molar-refractivity contribution in [3.05, 3.63) is 58.4 Å². The molecule has 0 saturated carbocycles. The molecule has 37 heavy (non-hydrogen) atoms. The Bertz CT molecular complexity index is 1290. The third-order valence-corrected chi connectivity index (χ3v) is 6.74. The van der Waals surface area contributed by atoms with Crippen molar-refractivity contribution in [1.82, 2.24) is 9.97 Å². The number of anilines is 1. The predicted molar refractivity (Wildman–Crippen MR) is 147 cm³/mol. The normalized spacial score (nSPS) is 17.8. The number of allylic oxidation sites excluding steroid dienone is 3. The number of aromatic nitrogens is 2. The van der Waals surface area contributed by atoms with Crippen LogP contribution in [0.15, 0.2) is 46.5 Å². The van der Waals surface area contributed by atoms with Gasteiger partial charge in [0.05, 0.1) is 17.3 Å². The van der Waals surface area contributed by atoms with Crippen molar-refractivity contribution < 1.29 is 9.53 Å². The van der Waals surface area contributed by atoms with Crippen molar-refractivity contribution >= 4 is 23.6 Å². The maximum Gasteiger partial charge on any atom is 0.228 e. The molecule has 2 aromatic rings. The van der Waals surface area contributed by atoms with Gasteiger partial charge in [-0.05, 0) is 75.3 Å². The van der Waals surface area contributed by atoms with Crippen LogP contribution in [0.4, 0.5) is 5.82 Å². The second-order valence-corrected chi connectivity index (χ2v) is 9.70. The first-order valence-electron chi connectivity index (χ1n) is 13.3. The van der Waals surface area contributed by atoms with E-state index in [4.69, 9.17) is 9.73 Å². The van der Waals surface area contributed by atoms with Crippen molar-refractivity contribution in [2.24, 2.45) is 4.99 Å².